The van der Waals surface area contributed by atoms with E-state index in [2.05, 4.69) is 15.0 Å². The van der Waals surface area contributed by atoms with Crippen LogP contribution in [0.2, 0.25) is 4.47 Å². The number of aryl methyl sites for hydroxylation is 1. The first-order chi connectivity index (χ1) is 8.27. The highest BCUT2D eigenvalue weighted by molar-refractivity contribution is 7.91. The maximum atomic E-state index is 12.0. The van der Waals surface area contributed by atoms with Gasteiger partial charge < -0.3 is 5.32 Å². The fraction of sp³-hybridized carbons (Fsp3) is 0.556. The smallest absolute Gasteiger partial charge is 0.252 e. The number of thiazole rings is 1. The van der Waals surface area contributed by atoms with Crippen LogP contribution in [-0.4, -0.2) is 31.9 Å². The topological polar surface area (TPSA) is 88.2 Å². The van der Waals surface area contributed by atoms with Crippen molar-refractivity contribution < 1.29 is 13.2 Å². The standard InChI is InChI=1S/C9H14ClN3O3S2/c1-4-11-7(14)5(2)13-18(15,16)8-6(3)12-9(10)17-8/h5,13H,4H2,1-3H3,(H,11,14). The Bertz CT molecular complexity index is 541. The molecule has 0 saturated carbocycles. The van der Waals surface area contributed by atoms with Gasteiger partial charge in [0.2, 0.25) is 5.91 Å². The third kappa shape index (κ3) is 3.64. The van der Waals surface area contributed by atoms with Gasteiger partial charge in [-0.15, -0.1) is 0 Å². The predicted octanol–water partition coefficient (Wildman–Crippen LogP) is 0.908. The van der Waals surface area contributed by atoms with Crippen molar-refractivity contribution in [3.63, 3.8) is 0 Å². The van der Waals surface area contributed by atoms with E-state index in [1.54, 1.807) is 13.8 Å². The quantitative estimate of drug-likeness (QED) is 0.846. The minimum atomic E-state index is -3.77. The number of amides is 1. The summed E-state index contributed by atoms with van der Waals surface area (Å²) >= 11 is 6.52. The van der Waals surface area contributed by atoms with Gasteiger partial charge in [-0.05, 0) is 20.8 Å². The molecular weight excluding hydrogens is 298 g/mol. The molecule has 1 heterocycles. The number of rotatable bonds is 5. The van der Waals surface area contributed by atoms with Gasteiger partial charge in [0.1, 0.15) is 0 Å². The van der Waals surface area contributed by atoms with E-state index in [9.17, 15) is 13.2 Å². The zero-order valence-corrected chi connectivity index (χ0v) is 12.5. The zero-order chi connectivity index (χ0) is 13.9. The van der Waals surface area contributed by atoms with Crippen LogP contribution in [0.1, 0.15) is 19.5 Å². The van der Waals surface area contributed by atoms with E-state index in [1.807, 2.05) is 0 Å². The molecular formula is C9H14ClN3O3S2. The molecule has 6 nitrogen and oxygen atoms in total. The molecule has 1 rings (SSSR count). The molecule has 0 bridgehead atoms. The van der Waals surface area contributed by atoms with Crippen LogP contribution < -0.4 is 10.0 Å². The summed E-state index contributed by atoms with van der Waals surface area (Å²) in [5, 5.41) is 2.53. The molecule has 0 fully saturated rings. The van der Waals surface area contributed by atoms with E-state index in [-0.39, 0.29) is 14.6 Å². The number of nitrogens with one attached hydrogen (secondary N) is 2. The first-order valence-corrected chi connectivity index (χ1v) is 7.88. The van der Waals surface area contributed by atoms with Gasteiger partial charge in [0, 0.05) is 6.54 Å². The molecule has 2 N–H and O–H groups in total. The molecule has 0 aliphatic rings. The van der Waals surface area contributed by atoms with Crippen LogP contribution >= 0.6 is 22.9 Å². The van der Waals surface area contributed by atoms with Gasteiger partial charge >= 0.3 is 0 Å². The predicted molar refractivity (Wildman–Crippen MR) is 70.3 cm³/mol. The van der Waals surface area contributed by atoms with E-state index < -0.39 is 16.1 Å². The Balaban J connectivity index is 2.89. The fourth-order valence-corrected chi connectivity index (χ4v) is 4.23. The van der Waals surface area contributed by atoms with Gasteiger partial charge in [-0.3, -0.25) is 4.79 Å². The van der Waals surface area contributed by atoms with Crippen molar-refractivity contribution in [3.05, 3.63) is 10.2 Å². The average Bonchev–Trinajstić information content (AvgIpc) is 2.58. The number of sulfonamides is 1. The summed E-state index contributed by atoms with van der Waals surface area (Å²) in [6.07, 6.45) is 0. The summed E-state index contributed by atoms with van der Waals surface area (Å²) in [7, 11) is -3.77. The molecule has 0 saturated heterocycles. The number of carbonyl (C=O) groups excluding carboxylic acids is 1. The molecule has 9 heteroatoms. The highest BCUT2D eigenvalue weighted by Crippen LogP contribution is 2.26. The van der Waals surface area contributed by atoms with Gasteiger partial charge in [-0.25, -0.2) is 13.4 Å². The van der Waals surface area contributed by atoms with Crippen molar-refractivity contribution in [1.82, 2.24) is 15.0 Å². The molecule has 1 atom stereocenters. The first-order valence-electron chi connectivity index (χ1n) is 5.21. The van der Waals surface area contributed by atoms with Crippen LogP contribution in [0, 0.1) is 6.92 Å². The Morgan fingerprint density at radius 1 is 1.56 bits per heavy atom. The van der Waals surface area contributed by atoms with Crippen molar-refractivity contribution in [2.24, 2.45) is 0 Å². The summed E-state index contributed by atoms with van der Waals surface area (Å²) in [4.78, 5) is 15.3. The molecule has 0 radical (unpaired) electrons. The van der Waals surface area contributed by atoms with E-state index in [1.165, 1.54) is 6.92 Å². The number of likely N-dealkylation sites (N-methyl/N-ethyl adjacent to an activating group) is 1. The van der Waals surface area contributed by atoms with Crippen molar-refractivity contribution in [2.75, 3.05) is 6.54 Å². The summed E-state index contributed by atoms with van der Waals surface area (Å²) in [5.74, 6) is -0.380. The maximum Gasteiger partial charge on any atom is 0.252 e. The van der Waals surface area contributed by atoms with Gasteiger partial charge in [0.25, 0.3) is 10.0 Å². The number of aromatic nitrogens is 1. The average molecular weight is 312 g/mol. The lowest BCUT2D eigenvalue weighted by atomic mass is 10.3. The van der Waals surface area contributed by atoms with Crippen LogP contribution in [0.5, 0.6) is 0 Å². The van der Waals surface area contributed by atoms with E-state index in [0.717, 1.165) is 11.3 Å². The van der Waals surface area contributed by atoms with Crippen LogP contribution in [-0.2, 0) is 14.8 Å². The summed E-state index contributed by atoms with van der Waals surface area (Å²) < 4.78 is 26.5. The van der Waals surface area contributed by atoms with Crippen LogP contribution in [0.25, 0.3) is 0 Å². The molecule has 1 aromatic heterocycles. The van der Waals surface area contributed by atoms with Gasteiger partial charge in [0.05, 0.1) is 11.7 Å². The lowest BCUT2D eigenvalue weighted by Crippen LogP contribution is -2.44. The number of halogens is 1. The zero-order valence-electron chi connectivity index (χ0n) is 10.2. The van der Waals surface area contributed by atoms with Crippen LogP contribution in [0.15, 0.2) is 4.21 Å². The van der Waals surface area contributed by atoms with E-state index in [0.29, 0.717) is 12.2 Å². The SMILES string of the molecule is CCNC(=O)C(C)NS(=O)(=O)c1sc(Cl)nc1C. The van der Waals surface area contributed by atoms with Gasteiger partial charge in [-0.1, -0.05) is 22.9 Å². The Labute approximate surface area is 115 Å². The van der Waals surface area contributed by atoms with E-state index in [4.69, 9.17) is 11.6 Å². The third-order valence-electron chi connectivity index (χ3n) is 2.05. The molecule has 0 aliphatic carbocycles. The van der Waals surface area contributed by atoms with Crippen LogP contribution in [0.3, 0.4) is 0 Å². The van der Waals surface area contributed by atoms with Gasteiger partial charge in [0.15, 0.2) is 8.68 Å². The Hall–Kier alpha value is -0.700. The van der Waals surface area contributed by atoms with Crippen molar-refractivity contribution >= 4 is 38.9 Å². The first kappa shape index (κ1) is 15.4. The van der Waals surface area contributed by atoms with Crippen molar-refractivity contribution in [2.45, 2.75) is 31.0 Å². The second-order valence-corrected chi connectivity index (χ2v) is 7.07. The molecule has 1 unspecified atom stereocenters. The Morgan fingerprint density at radius 3 is 2.61 bits per heavy atom. The minimum Gasteiger partial charge on any atom is -0.355 e. The Kier molecular flexibility index (Phi) is 5.09. The minimum absolute atomic E-state index is 0.0312. The molecule has 1 aromatic rings. The monoisotopic (exact) mass is 311 g/mol. The summed E-state index contributed by atoms with van der Waals surface area (Å²) in [6.45, 7) is 5.22. The van der Waals surface area contributed by atoms with Crippen LogP contribution in [0.4, 0.5) is 0 Å². The second-order valence-electron chi connectivity index (χ2n) is 3.58. The largest absolute Gasteiger partial charge is 0.355 e. The van der Waals surface area contributed by atoms with Crippen molar-refractivity contribution in [3.8, 4) is 0 Å². The number of nitrogens with zero attached hydrogens (tertiary/aromatic N) is 1. The molecule has 0 aromatic carbocycles. The summed E-state index contributed by atoms with van der Waals surface area (Å²) in [5.41, 5.74) is 0.320. The lowest BCUT2D eigenvalue weighted by molar-refractivity contribution is -0.122. The number of carbonyl (C=O) groups is 1. The Morgan fingerprint density at radius 2 is 2.17 bits per heavy atom. The number of hydrogen-bond acceptors (Lipinski definition) is 5. The molecule has 1 amide bonds. The summed E-state index contributed by atoms with van der Waals surface area (Å²) in [6, 6.07) is -0.852. The lowest BCUT2D eigenvalue weighted by Gasteiger charge is -2.12. The second kappa shape index (κ2) is 5.96. The third-order valence-corrected chi connectivity index (χ3v) is 5.46. The fourth-order valence-electron chi connectivity index (χ4n) is 1.27. The molecule has 102 valence electrons. The normalized spacial score (nSPS) is 13.3. The highest BCUT2D eigenvalue weighted by atomic mass is 35.5. The van der Waals surface area contributed by atoms with Gasteiger partial charge in [-0.2, -0.15) is 4.72 Å². The van der Waals surface area contributed by atoms with Crippen molar-refractivity contribution in [1.29, 1.82) is 0 Å². The highest BCUT2D eigenvalue weighted by Gasteiger charge is 2.25. The molecule has 0 spiro atoms. The molecule has 18 heavy (non-hydrogen) atoms. The van der Waals surface area contributed by atoms with E-state index >= 15 is 0 Å². The number of hydrogen-bond donors (Lipinski definition) is 2. The molecule has 0 aliphatic heterocycles. The maximum absolute atomic E-state index is 12.0.